The van der Waals surface area contributed by atoms with Crippen LogP contribution in [-0.2, 0) is 12.8 Å². The Labute approximate surface area is 142 Å². The second-order valence-corrected chi connectivity index (χ2v) is 5.99. The highest BCUT2D eigenvalue weighted by Gasteiger charge is 2.08. The van der Waals surface area contributed by atoms with Crippen molar-refractivity contribution in [2.75, 3.05) is 13.1 Å². The first-order chi connectivity index (χ1) is 11.8. The summed E-state index contributed by atoms with van der Waals surface area (Å²) in [6.45, 7) is 1.08. The van der Waals surface area contributed by atoms with Gasteiger partial charge in [-0.1, -0.05) is 24.3 Å². The Bertz CT molecular complexity index is 701. The lowest BCUT2D eigenvalue weighted by Gasteiger charge is -2.09. The van der Waals surface area contributed by atoms with Crippen LogP contribution in [0.1, 0.15) is 35.1 Å². The van der Waals surface area contributed by atoms with Gasteiger partial charge in [-0.2, -0.15) is 0 Å². The van der Waals surface area contributed by atoms with Crippen LogP contribution < -0.4 is 0 Å². The number of para-hydroxylation sites is 2. The third-order valence-electron chi connectivity index (χ3n) is 4.26. The molecule has 2 N–H and O–H groups in total. The number of aliphatic imine (C=N–C) groups is 2. The summed E-state index contributed by atoms with van der Waals surface area (Å²) in [5.74, 6) is 0.642. The molecule has 2 aromatic rings. The van der Waals surface area contributed by atoms with Crippen LogP contribution in [0.2, 0.25) is 0 Å². The van der Waals surface area contributed by atoms with E-state index in [9.17, 15) is 10.2 Å². The Hall–Kier alpha value is -2.62. The Morgan fingerprint density at radius 1 is 0.667 bits per heavy atom. The quantitative estimate of drug-likeness (QED) is 0.779. The maximum absolute atomic E-state index is 10.4. The number of rotatable bonds is 0. The van der Waals surface area contributed by atoms with E-state index in [0.29, 0.717) is 24.6 Å². The van der Waals surface area contributed by atoms with Crippen LogP contribution >= 0.6 is 0 Å². The van der Waals surface area contributed by atoms with Crippen LogP contribution in [0.3, 0.4) is 0 Å². The SMILES string of the molecule is Oc1c2cccc1CCCCc1cccc(c1O)C=NCCN=C2. The summed E-state index contributed by atoms with van der Waals surface area (Å²) in [5.41, 5.74) is 3.40. The summed E-state index contributed by atoms with van der Waals surface area (Å²) < 4.78 is 0. The second-order valence-electron chi connectivity index (χ2n) is 5.99. The number of aromatic hydroxyl groups is 2. The predicted molar refractivity (Wildman–Crippen MR) is 97.8 cm³/mol. The molecule has 0 aromatic heterocycles. The van der Waals surface area contributed by atoms with Crippen LogP contribution in [0, 0.1) is 0 Å². The van der Waals surface area contributed by atoms with Crippen molar-refractivity contribution in [2.24, 2.45) is 9.98 Å². The maximum Gasteiger partial charge on any atom is 0.127 e. The molecule has 1 heterocycles. The van der Waals surface area contributed by atoms with Gasteiger partial charge < -0.3 is 10.2 Å². The average molecular weight is 322 g/mol. The van der Waals surface area contributed by atoms with Gasteiger partial charge in [0.1, 0.15) is 11.5 Å². The Morgan fingerprint density at radius 3 is 1.58 bits per heavy atom. The van der Waals surface area contributed by atoms with Crippen molar-refractivity contribution in [1.82, 2.24) is 0 Å². The lowest BCUT2D eigenvalue weighted by molar-refractivity contribution is 0.462. The lowest BCUT2D eigenvalue weighted by Crippen LogP contribution is -1.96. The minimum atomic E-state index is 0.321. The zero-order valence-corrected chi connectivity index (χ0v) is 13.7. The summed E-state index contributed by atoms with van der Waals surface area (Å²) in [6, 6.07) is 11.6. The van der Waals surface area contributed by atoms with Crippen LogP contribution in [-0.4, -0.2) is 35.7 Å². The van der Waals surface area contributed by atoms with E-state index < -0.39 is 0 Å². The molecule has 1 aliphatic rings. The third kappa shape index (κ3) is 3.82. The maximum atomic E-state index is 10.4. The largest absolute Gasteiger partial charge is 0.507 e. The van der Waals surface area contributed by atoms with E-state index in [0.717, 1.165) is 47.9 Å². The van der Waals surface area contributed by atoms with Gasteiger partial charge in [-0.15, -0.1) is 0 Å². The van der Waals surface area contributed by atoms with Gasteiger partial charge in [0.25, 0.3) is 0 Å². The van der Waals surface area contributed by atoms with Gasteiger partial charge in [-0.05, 0) is 48.9 Å². The first kappa shape index (κ1) is 16.2. The predicted octanol–water partition coefficient (Wildman–Crippen LogP) is 3.51. The molecule has 0 radical (unpaired) electrons. The van der Waals surface area contributed by atoms with Crippen molar-refractivity contribution in [1.29, 1.82) is 0 Å². The fraction of sp³-hybridized carbons (Fsp3) is 0.300. The zero-order valence-electron chi connectivity index (χ0n) is 13.7. The van der Waals surface area contributed by atoms with Crippen molar-refractivity contribution < 1.29 is 10.2 Å². The molecule has 0 atom stereocenters. The van der Waals surface area contributed by atoms with Gasteiger partial charge in [0.15, 0.2) is 0 Å². The van der Waals surface area contributed by atoms with Gasteiger partial charge >= 0.3 is 0 Å². The molecule has 0 spiro atoms. The van der Waals surface area contributed by atoms with Crippen molar-refractivity contribution in [3.05, 3.63) is 58.7 Å². The summed E-state index contributed by atoms with van der Waals surface area (Å²) in [5, 5.41) is 20.7. The van der Waals surface area contributed by atoms with E-state index in [1.54, 1.807) is 12.4 Å². The van der Waals surface area contributed by atoms with Crippen molar-refractivity contribution in [3.8, 4) is 11.5 Å². The summed E-state index contributed by atoms with van der Waals surface area (Å²) in [7, 11) is 0. The van der Waals surface area contributed by atoms with Crippen LogP contribution in [0.15, 0.2) is 46.4 Å². The first-order valence-electron chi connectivity index (χ1n) is 8.37. The summed E-state index contributed by atoms with van der Waals surface area (Å²) in [4.78, 5) is 8.66. The Balaban J connectivity index is 1.85. The normalized spacial score (nSPS) is 15.3. The smallest absolute Gasteiger partial charge is 0.127 e. The number of aryl methyl sites for hydroxylation is 2. The second kappa shape index (κ2) is 7.77. The standard InChI is InChI=1S/C20H22N2O2/c23-19-15-5-1-2-6-16-8-4-10-18(20(16)24)14-22-12-11-21-13-17(19)9-3-7-15/h3-4,7-10,13-14,23-24H,1-2,5-6,11-12H2. The molecule has 0 unspecified atom stereocenters. The average Bonchev–Trinajstić information content (AvgIpc) is 2.59. The molecule has 3 rings (SSSR count). The summed E-state index contributed by atoms with van der Waals surface area (Å²) >= 11 is 0. The highest BCUT2D eigenvalue weighted by molar-refractivity contribution is 5.85. The molecule has 0 saturated carbocycles. The van der Waals surface area contributed by atoms with E-state index in [4.69, 9.17) is 0 Å². The van der Waals surface area contributed by atoms with E-state index in [-0.39, 0.29) is 0 Å². The van der Waals surface area contributed by atoms with E-state index >= 15 is 0 Å². The molecule has 4 heteroatoms. The molecule has 0 fully saturated rings. The molecule has 0 amide bonds. The Kier molecular flexibility index (Phi) is 5.26. The molecule has 4 nitrogen and oxygen atoms in total. The first-order valence-corrected chi connectivity index (χ1v) is 8.37. The van der Waals surface area contributed by atoms with Crippen molar-refractivity contribution >= 4 is 12.4 Å². The van der Waals surface area contributed by atoms with Crippen LogP contribution in [0.25, 0.3) is 0 Å². The number of hydrogen-bond acceptors (Lipinski definition) is 4. The van der Waals surface area contributed by atoms with Crippen LogP contribution in [0.5, 0.6) is 11.5 Å². The number of nitrogens with zero attached hydrogens (tertiary/aromatic N) is 2. The Morgan fingerprint density at radius 2 is 1.12 bits per heavy atom. The fourth-order valence-corrected chi connectivity index (χ4v) is 2.91. The van der Waals surface area contributed by atoms with E-state index in [1.807, 2.05) is 36.4 Å². The van der Waals surface area contributed by atoms with Crippen LogP contribution in [0.4, 0.5) is 0 Å². The number of benzene rings is 2. The monoisotopic (exact) mass is 322 g/mol. The van der Waals surface area contributed by atoms with Gasteiger partial charge in [0.05, 0.1) is 13.1 Å². The zero-order chi connectivity index (χ0) is 16.8. The molecule has 1 aliphatic heterocycles. The number of hydrogen-bond donors (Lipinski definition) is 2. The molecule has 124 valence electrons. The highest BCUT2D eigenvalue weighted by Crippen LogP contribution is 2.25. The summed E-state index contributed by atoms with van der Waals surface area (Å²) in [6.07, 6.45) is 6.94. The van der Waals surface area contributed by atoms with E-state index in [2.05, 4.69) is 9.98 Å². The minimum absolute atomic E-state index is 0.321. The molecule has 4 bridgehead atoms. The molecule has 0 saturated heterocycles. The topological polar surface area (TPSA) is 65.2 Å². The number of fused-ring (bicyclic) bond motifs is 4. The molecular weight excluding hydrogens is 300 g/mol. The van der Waals surface area contributed by atoms with Gasteiger partial charge in [-0.25, -0.2) is 0 Å². The van der Waals surface area contributed by atoms with Gasteiger partial charge in [0, 0.05) is 23.6 Å². The lowest BCUT2D eigenvalue weighted by atomic mass is 10.00. The minimum Gasteiger partial charge on any atom is -0.507 e. The molecular formula is C20H22N2O2. The van der Waals surface area contributed by atoms with Crippen molar-refractivity contribution in [2.45, 2.75) is 25.7 Å². The van der Waals surface area contributed by atoms with Gasteiger partial charge in [0.2, 0.25) is 0 Å². The molecule has 2 aromatic carbocycles. The third-order valence-corrected chi connectivity index (χ3v) is 4.26. The van der Waals surface area contributed by atoms with Gasteiger partial charge in [-0.3, -0.25) is 9.98 Å². The van der Waals surface area contributed by atoms with Crippen molar-refractivity contribution in [3.63, 3.8) is 0 Å². The molecule has 0 aliphatic carbocycles. The highest BCUT2D eigenvalue weighted by atomic mass is 16.3. The van der Waals surface area contributed by atoms with E-state index in [1.165, 1.54) is 0 Å². The molecule has 24 heavy (non-hydrogen) atoms. The number of phenolic OH excluding ortho intramolecular Hbond substituents is 2. The number of phenols is 2. The fourth-order valence-electron chi connectivity index (χ4n) is 2.91.